The second-order valence-corrected chi connectivity index (χ2v) is 8.50. The van der Waals surface area contributed by atoms with Crippen LogP contribution in [0.2, 0.25) is 5.02 Å². The van der Waals surface area contributed by atoms with E-state index in [2.05, 4.69) is 21.1 Å². The Labute approximate surface area is 181 Å². The number of amides is 2. The molecule has 0 spiro atoms. The molecule has 1 aliphatic carbocycles. The highest BCUT2D eigenvalue weighted by Crippen LogP contribution is 2.37. The molecule has 11 heteroatoms. The van der Waals surface area contributed by atoms with Gasteiger partial charge in [0.15, 0.2) is 0 Å². The van der Waals surface area contributed by atoms with Gasteiger partial charge >= 0.3 is 0 Å². The van der Waals surface area contributed by atoms with Crippen LogP contribution in [-0.4, -0.2) is 41.4 Å². The molecule has 1 atom stereocenters. The molecule has 30 heavy (non-hydrogen) atoms. The van der Waals surface area contributed by atoms with Crippen molar-refractivity contribution in [2.24, 2.45) is 5.92 Å². The molecule has 3 N–H and O–H groups in total. The topological polar surface area (TPSA) is 113 Å². The SMILES string of the molecule is CONC(=O)c1cnc(NC(=O)C2CC2)cc1Nc1cccc(Cl)c1N(C)S(C)=O. The summed E-state index contributed by atoms with van der Waals surface area (Å²) in [5.74, 6) is -0.317. The number of hydrogen-bond acceptors (Lipinski definition) is 6. The Hall–Kier alpha value is -2.69. The van der Waals surface area contributed by atoms with Gasteiger partial charge in [-0.1, -0.05) is 17.7 Å². The largest absolute Gasteiger partial charge is 0.353 e. The van der Waals surface area contributed by atoms with E-state index in [9.17, 15) is 13.8 Å². The lowest BCUT2D eigenvalue weighted by atomic mass is 10.2. The molecule has 1 aromatic carbocycles. The first-order chi connectivity index (χ1) is 14.3. The Morgan fingerprint density at radius 1 is 1.30 bits per heavy atom. The number of carbonyl (C=O) groups excluding carboxylic acids is 2. The van der Waals surface area contributed by atoms with Gasteiger partial charge in [0.1, 0.15) is 16.8 Å². The average Bonchev–Trinajstić information content (AvgIpc) is 3.53. The van der Waals surface area contributed by atoms with Gasteiger partial charge in [-0.25, -0.2) is 14.7 Å². The van der Waals surface area contributed by atoms with Gasteiger partial charge in [-0.05, 0) is 25.0 Å². The van der Waals surface area contributed by atoms with Crippen molar-refractivity contribution in [3.05, 3.63) is 41.0 Å². The zero-order valence-corrected chi connectivity index (χ0v) is 18.3. The summed E-state index contributed by atoms with van der Waals surface area (Å²) in [6, 6.07) is 6.70. The minimum atomic E-state index is -1.33. The number of anilines is 4. The van der Waals surface area contributed by atoms with Gasteiger partial charge in [0.25, 0.3) is 5.91 Å². The number of pyridine rings is 1. The van der Waals surface area contributed by atoms with Gasteiger partial charge in [0.2, 0.25) is 5.91 Å². The first kappa shape index (κ1) is 22.0. The molecule has 0 bridgehead atoms. The summed E-state index contributed by atoms with van der Waals surface area (Å²) in [6.45, 7) is 0. The summed E-state index contributed by atoms with van der Waals surface area (Å²) in [6.07, 6.45) is 4.59. The number of hydroxylamine groups is 1. The molecular weight excluding hydrogens is 430 g/mol. The number of rotatable bonds is 8. The number of nitrogens with one attached hydrogen (secondary N) is 3. The average molecular weight is 452 g/mol. The third-order valence-corrected chi connectivity index (χ3v) is 5.76. The van der Waals surface area contributed by atoms with Crippen molar-refractivity contribution >= 4 is 57.3 Å². The van der Waals surface area contributed by atoms with E-state index in [1.807, 2.05) is 0 Å². The van der Waals surface area contributed by atoms with Crippen LogP contribution in [0.1, 0.15) is 23.2 Å². The number of hydrogen-bond donors (Lipinski definition) is 3. The summed E-state index contributed by atoms with van der Waals surface area (Å²) in [7, 11) is 1.64. The lowest BCUT2D eigenvalue weighted by Crippen LogP contribution is -2.24. The zero-order chi connectivity index (χ0) is 21.8. The third-order valence-electron chi connectivity index (χ3n) is 4.50. The third kappa shape index (κ3) is 5.07. The number of halogens is 1. The van der Waals surface area contributed by atoms with Gasteiger partial charge in [0.05, 0.1) is 34.8 Å². The maximum absolute atomic E-state index is 12.4. The predicted molar refractivity (Wildman–Crippen MR) is 117 cm³/mol. The van der Waals surface area contributed by atoms with Gasteiger partial charge < -0.3 is 10.6 Å². The molecule has 2 amide bonds. The van der Waals surface area contributed by atoms with E-state index in [1.54, 1.807) is 31.3 Å². The van der Waals surface area contributed by atoms with Crippen LogP contribution in [0.3, 0.4) is 0 Å². The lowest BCUT2D eigenvalue weighted by Gasteiger charge is -2.22. The maximum Gasteiger partial charge on any atom is 0.278 e. The summed E-state index contributed by atoms with van der Waals surface area (Å²) in [5.41, 5.74) is 3.83. The fourth-order valence-electron chi connectivity index (χ4n) is 2.74. The second kappa shape index (κ2) is 9.41. The Balaban J connectivity index is 2.00. The molecule has 9 nitrogen and oxygen atoms in total. The summed E-state index contributed by atoms with van der Waals surface area (Å²) in [5, 5.41) is 6.29. The summed E-state index contributed by atoms with van der Waals surface area (Å²) < 4.78 is 13.5. The minimum Gasteiger partial charge on any atom is -0.353 e. The minimum absolute atomic E-state index is 0.00684. The van der Waals surface area contributed by atoms with E-state index in [0.29, 0.717) is 27.9 Å². The molecule has 1 saturated carbocycles. The molecule has 0 aliphatic heterocycles. The number of carbonyl (C=O) groups is 2. The van der Waals surface area contributed by atoms with Gasteiger partial charge in [-0.2, -0.15) is 0 Å². The van der Waals surface area contributed by atoms with Gasteiger partial charge in [-0.15, -0.1) is 0 Å². The van der Waals surface area contributed by atoms with Crippen molar-refractivity contribution in [2.45, 2.75) is 12.8 Å². The maximum atomic E-state index is 12.4. The Morgan fingerprint density at radius 2 is 2.03 bits per heavy atom. The smallest absolute Gasteiger partial charge is 0.278 e. The van der Waals surface area contributed by atoms with Crippen LogP contribution in [0.25, 0.3) is 0 Å². The van der Waals surface area contributed by atoms with E-state index >= 15 is 0 Å². The molecule has 1 aliphatic rings. The van der Waals surface area contributed by atoms with Crippen molar-refractivity contribution in [3.8, 4) is 0 Å². The van der Waals surface area contributed by atoms with E-state index in [1.165, 1.54) is 23.9 Å². The second-order valence-electron chi connectivity index (χ2n) is 6.70. The number of para-hydroxylation sites is 1. The molecular formula is C19H22ClN5O4S. The molecule has 1 heterocycles. The monoisotopic (exact) mass is 451 g/mol. The van der Waals surface area contributed by atoms with Crippen LogP contribution in [0.5, 0.6) is 0 Å². The highest BCUT2D eigenvalue weighted by atomic mass is 35.5. The van der Waals surface area contributed by atoms with Crippen LogP contribution >= 0.6 is 11.6 Å². The van der Waals surface area contributed by atoms with Gasteiger partial charge in [0, 0.05) is 31.5 Å². The number of benzene rings is 1. The van der Waals surface area contributed by atoms with Crippen molar-refractivity contribution in [3.63, 3.8) is 0 Å². The molecule has 1 aromatic heterocycles. The van der Waals surface area contributed by atoms with Gasteiger partial charge in [-0.3, -0.25) is 18.7 Å². The Kier molecular flexibility index (Phi) is 6.91. The Bertz CT molecular complexity index is 999. The van der Waals surface area contributed by atoms with E-state index < -0.39 is 16.9 Å². The molecule has 3 rings (SSSR count). The quantitative estimate of drug-likeness (QED) is 0.532. The van der Waals surface area contributed by atoms with Crippen molar-refractivity contribution < 1.29 is 18.6 Å². The molecule has 0 radical (unpaired) electrons. The highest BCUT2D eigenvalue weighted by Gasteiger charge is 2.30. The van der Waals surface area contributed by atoms with Crippen molar-refractivity contribution in [2.75, 3.05) is 35.4 Å². The molecule has 0 saturated heterocycles. The van der Waals surface area contributed by atoms with E-state index in [-0.39, 0.29) is 17.4 Å². The van der Waals surface area contributed by atoms with Crippen LogP contribution in [0.15, 0.2) is 30.5 Å². The molecule has 2 aromatic rings. The zero-order valence-electron chi connectivity index (χ0n) is 16.7. The first-order valence-corrected chi connectivity index (χ1v) is 11.0. The molecule has 1 fully saturated rings. The normalized spacial score (nSPS) is 14.0. The first-order valence-electron chi connectivity index (χ1n) is 9.08. The molecule has 160 valence electrons. The fraction of sp³-hybridized carbons (Fsp3) is 0.316. The van der Waals surface area contributed by atoms with Crippen molar-refractivity contribution in [1.82, 2.24) is 10.5 Å². The fourth-order valence-corrected chi connectivity index (χ4v) is 3.54. The molecule has 1 unspecified atom stereocenters. The lowest BCUT2D eigenvalue weighted by molar-refractivity contribution is -0.117. The Morgan fingerprint density at radius 3 is 2.67 bits per heavy atom. The van der Waals surface area contributed by atoms with E-state index in [0.717, 1.165) is 12.8 Å². The van der Waals surface area contributed by atoms with Crippen molar-refractivity contribution in [1.29, 1.82) is 0 Å². The van der Waals surface area contributed by atoms with Crippen LogP contribution in [0, 0.1) is 5.92 Å². The number of aromatic nitrogens is 1. The van der Waals surface area contributed by atoms with Crippen LogP contribution < -0.4 is 20.4 Å². The van der Waals surface area contributed by atoms with Crippen LogP contribution in [-0.2, 0) is 20.6 Å². The summed E-state index contributed by atoms with van der Waals surface area (Å²) >= 11 is 6.34. The standard InChI is InChI=1S/C19H22ClN5O4S/c1-25(30(3)28)17-13(20)5-4-6-14(17)22-15-9-16(23-18(26)11-7-8-11)21-10-12(15)19(27)24-29-2/h4-6,9-11H,7-8H2,1-3H3,(H,24,27)(H2,21,22,23,26). The highest BCUT2D eigenvalue weighted by molar-refractivity contribution is 7.85. The van der Waals surface area contributed by atoms with E-state index in [4.69, 9.17) is 16.4 Å². The summed E-state index contributed by atoms with van der Waals surface area (Å²) in [4.78, 5) is 33.4. The van der Waals surface area contributed by atoms with Crippen LogP contribution in [0.4, 0.5) is 22.9 Å². The number of nitrogens with zero attached hydrogens (tertiary/aromatic N) is 2. The predicted octanol–water partition coefficient (Wildman–Crippen LogP) is 2.85.